The first-order valence-corrected chi connectivity index (χ1v) is 10.5. The molecule has 0 unspecified atom stereocenters. The summed E-state index contributed by atoms with van der Waals surface area (Å²) in [7, 11) is 3.25. The van der Waals surface area contributed by atoms with Crippen LogP contribution in [0.15, 0.2) is 60.3 Å². The highest BCUT2D eigenvalue weighted by Gasteiger charge is 2.41. The Morgan fingerprint density at radius 3 is 2.03 bits per heavy atom. The smallest absolute Gasteiger partial charge is 0.277 e. The number of imide groups is 1. The van der Waals surface area contributed by atoms with Crippen LogP contribution in [0.5, 0.6) is 0 Å². The van der Waals surface area contributed by atoms with Gasteiger partial charge in [0.25, 0.3) is 11.8 Å². The number of methoxy groups -OCH3 is 2. The Morgan fingerprint density at radius 1 is 0.839 bits per heavy atom. The van der Waals surface area contributed by atoms with Crippen molar-refractivity contribution in [2.75, 3.05) is 47.1 Å². The van der Waals surface area contributed by atoms with E-state index in [2.05, 4.69) is 0 Å². The van der Waals surface area contributed by atoms with Crippen LogP contribution in [0.3, 0.4) is 0 Å². The van der Waals surface area contributed by atoms with E-state index in [-0.39, 0.29) is 11.8 Å². The fourth-order valence-electron chi connectivity index (χ4n) is 3.66. The first kappa shape index (κ1) is 22.7. The van der Waals surface area contributed by atoms with Crippen LogP contribution in [0.2, 0.25) is 0 Å². The van der Waals surface area contributed by atoms with Gasteiger partial charge in [-0.3, -0.25) is 14.5 Å². The van der Waals surface area contributed by atoms with Gasteiger partial charge >= 0.3 is 0 Å². The number of hydrogen-bond acceptors (Lipinski definition) is 5. The van der Waals surface area contributed by atoms with E-state index in [1.807, 2.05) is 66.4 Å². The van der Waals surface area contributed by atoms with Gasteiger partial charge in [-0.15, -0.1) is 0 Å². The molecular weight excluding hydrogens is 392 g/mol. The van der Waals surface area contributed by atoms with Gasteiger partial charge in [-0.2, -0.15) is 0 Å². The molecule has 1 heterocycles. The molecule has 0 saturated carbocycles. The topological polar surface area (TPSA) is 59.1 Å². The molecular formula is C25H30N2O4. The van der Waals surface area contributed by atoms with Gasteiger partial charge in [0, 0.05) is 33.9 Å². The largest absolute Gasteiger partial charge is 0.383 e. The van der Waals surface area contributed by atoms with Crippen LogP contribution in [-0.2, 0) is 25.5 Å². The molecule has 6 heteroatoms. The number of amides is 2. The lowest BCUT2D eigenvalue weighted by Gasteiger charge is -2.25. The average molecular weight is 423 g/mol. The molecule has 0 aliphatic carbocycles. The Labute approximate surface area is 184 Å². The maximum Gasteiger partial charge on any atom is 0.277 e. The zero-order valence-electron chi connectivity index (χ0n) is 18.5. The third-order valence-corrected chi connectivity index (χ3v) is 5.40. The predicted molar refractivity (Wildman–Crippen MR) is 120 cm³/mol. The maximum atomic E-state index is 13.5. The Kier molecular flexibility index (Phi) is 7.98. The molecule has 0 aromatic heterocycles. The summed E-state index contributed by atoms with van der Waals surface area (Å²) in [5.74, 6) is -0.511. The molecule has 2 amide bonds. The van der Waals surface area contributed by atoms with E-state index in [1.54, 1.807) is 14.2 Å². The molecule has 1 aliphatic rings. The minimum absolute atomic E-state index is 0.250. The van der Waals surface area contributed by atoms with Gasteiger partial charge in [0.05, 0.1) is 18.8 Å². The fraction of sp³-hybridized carbons (Fsp3) is 0.360. The van der Waals surface area contributed by atoms with Gasteiger partial charge in [-0.1, -0.05) is 60.2 Å². The van der Waals surface area contributed by atoms with Gasteiger partial charge in [0.15, 0.2) is 0 Å². The highest BCUT2D eigenvalue weighted by molar-refractivity contribution is 6.35. The Balaban J connectivity index is 1.95. The van der Waals surface area contributed by atoms with Gasteiger partial charge in [-0.25, -0.2) is 0 Å². The number of ether oxygens (including phenoxy) is 2. The molecule has 0 bridgehead atoms. The van der Waals surface area contributed by atoms with E-state index in [4.69, 9.17) is 9.47 Å². The molecule has 2 aromatic rings. The zero-order valence-corrected chi connectivity index (χ0v) is 18.5. The zero-order chi connectivity index (χ0) is 22.2. The van der Waals surface area contributed by atoms with E-state index in [9.17, 15) is 9.59 Å². The number of nitrogens with zero attached hydrogens (tertiary/aromatic N) is 2. The molecule has 0 spiro atoms. The Morgan fingerprint density at radius 2 is 1.45 bits per heavy atom. The number of benzene rings is 2. The molecule has 0 N–H and O–H groups in total. The van der Waals surface area contributed by atoms with Gasteiger partial charge in [0.1, 0.15) is 5.70 Å². The lowest BCUT2D eigenvalue weighted by Crippen LogP contribution is -2.38. The Hall–Kier alpha value is -2.96. The van der Waals surface area contributed by atoms with E-state index in [0.717, 1.165) is 16.7 Å². The number of aryl methyl sites for hydroxylation is 1. The van der Waals surface area contributed by atoms with Crippen LogP contribution in [0.4, 0.5) is 0 Å². The van der Waals surface area contributed by atoms with Crippen molar-refractivity contribution in [1.82, 2.24) is 9.80 Å². The second kappa shape index (κ2) is 10.9. The van der Waals surface area contributed by atoms with Crippen molar-refractivity contribution < 1.29 is 19.1 Å². The van der Waals surface area contributed by atoms with Crippen LogP contribution in [0.25, 0.3) is 5.57 Å². The summed E-state index contributed by atoms with van der Waals surface area (Å²) in [6.45, 7) is 4.21. The van der Waals surface area contributed by atoms with Crippen molar-refractivity contribution in [3.8, 4) is 0 Å². The van der Waals surface area contributed by atoms with Crippen molar-refractivity contribution in [3.63, 3.8) is 0 Å². The highest BCUT2D eigenvalue weighted by atomic mass is 16.5. The van der Waals surface area contributed by atoms with Gasteiger partial charge < -0.3 is 14.4 Å². The molecule has 2 aromatic carbocycles. The van der Waals surface area contributed by atoms with E-state index in [1.165, 1.54) is 4.90 Å². The first-order valence-electron chi connectivity index (χ1n) is 10.5. The quantitative estimate of drug-likeness (QED) is 0.521. The minimum Gasteiger partial charge on any atom is -0.383 e. The van der Waals surface area contributed by atoms with Gasteiger partial charge in [0.2, 0.25) is 0 Å². The molecule has 0 fully saturated rings. The molecule has 0 atom stereocenters. The standard InChI is InChI=1S/C25H30N2O4/c1-19-9-11-21(12-10-19)22-23(26(15-17-30-2)16-18-31-3)25(29)27(24(22)28)14-13-20-7-5-4-6-8-20/h4-12H,13-18H2,1-3H3. The number of carbonyl (C=O) groups excluding carboxylic acids is 2. The lowest BCUT2D eigenvalue weighted by atomic mass is 10.0. The second-order valence-corrected chi connectivity index (χ2v) is 7.56. The van der Waals surface area contributed by atoms with Crippen molar-refractivity contribution in [1.29, 1.82) is 0 Å². The van der Waals surface area contributed by atoms with Crippen molar-refractivity contribution in [2.24, 2.45) is 0 Å². The summed E-state index contributed by atoms with van der Waals surface area (Å²) in [6, 6.07) is 17.6. The normalized spacial score (nSPS) is 14.0. The fourth-order valence-corrected chi connectivity index (χ4v) is 3.66. The van der Waals surface area contributed by atoms with Crippen molar-refractivity contribution >= 4 is 17.4 Å². The molecule has 31 heavy (non-hydrogen) atoms. The molecule has 0 radical (unpaired) electrons. The number of carbonyl (C=O) groups is 2. The summed E-state index contributed by atoms with van der Waals surface area (Å²) < 4.78 is 10.5. The van der Waals surface area contributed by atoms with Crippen LogP contribution in [0.1, 0.15) is 16.7 Å². The first-order chi connectivity index (χ1) is 15.1. The number of hydrogen-bond donors (Lipinski definition) is 0. The summed E-state index contributed by atoms with van der Waals surface area (Å²) in [5, 5.41) is 0. The predicted octanol–water partition coefficient (Wildman–Crippen LogP) is 2.91. The monoisotopic (exact) mass is 422 g/mol. The highest BCUT2D eigenvalue weighted by Crippen LogP contribution is 2.32. The third kappa shape index (κ3) is 5.40. The molecule has 164 valence electrons. The summed E-state index contributed by atoms with van der Waals surface area (Å²) >= 11 is 0. The van der Waals surface area contributed by atoms with E-state index in [0.29, 0.717) is 50.5 Å². The molecule has 0 saturated heterocycles. The van der Waals surface area contributed by atoms with Crippen LogP contribution < -0.4 is 0 Å². The molecule has 1 aliphatic heterocycles. The minimum atomic E-state index is -0.260. The Bertz CT molecular complexity index is 914. The van der Waals surface area contributed by atoms with Crippen LogP contribution in [0, 0.1) is 6.92 Å². The van der Waals surface area contributed by atoms with Crippen LogP contribution >= 0.6 is 0 Å². The maximum absolute atomic E-state index is 13.5. The SMILES string of the molecule is COCCN(CCOC)C1=C(c2ccc(C)cc2)C(=O)N(CCc2ccccc2)C1=O. The van der Waals surface area contributed by atoms with E-state index >= 15 is 0 Å². The van der Waals surface area contributed by atoms with E-state index < -0.39 is 0 Å². The molecule has 3 rings (SSSR count). The third-order valence-electron chi connectivity index (χ3n) is 5.40. The lowest BCUT2D eigenvalue weighted by molar-refractivity contribution is -0.137. The van der Waals surface area contributed by atoms with Gasteiger partial charge in [-0.05, 0) is 24.5 Å². The average Bonchev–Trinajstić information content (AvgIpc) is 3.03. The van der Waals surface area contributed by atoms with Crippen molar-refractivity contribution in [2.45, 2.75) is 13.3 Å². The summed E-state index contributed by atoms with van der Waals surface area (Å²) in [6.07, 6.45) is 0.614. The number of rotatable bonds is 11. The molecule has 6 nitrogen and oxygen atoms in total. The van der Waals surface area contributed by atoms with Crippen LogP contribution in [-0.4, -0.2) is 68.7 Å². The summed E-state index contributed by atoms with van der Waals surface area (Å²) in [5.41, 5.74) is 3.81. The second-order valence-electron chi connectivity index (χ2n) is 7.56. The van der Waals surface area contributed by atoms with Crippen molar-refractivity contribution in [3.05, 3.63) is 77.0 Å². The summed E-state index contributed by atoms with van der Waals surface area (Å²) in [4.78, 5) is 30.2.